The zero-order valence-corrected chi connectivity index (χ0v) is 16.3. The van der Waals surface area contributed by atoms with Crippen molar-refractivity contribution >= 4 is 35.0 Å². The second-order valence-corrected chi connectivity index (χ2v) is 7.14. The Morgan fingerprint density at radius 3 is 2.69 bits per heavy atom. The third-order valence-electron chi connectivity index (χ3n) is 3.55. The van der Waals surface area contributed by atoms with Crippen molar-refractivity contribution in [2.45, 2.75) is 32.9 Å². The number of carboxylic acids is 1. The molecule has 158 valence electrons. The minimum Gasteiger partial charge on any atom is -0.480 e. The predicted molar refractivity (Wildman–Crippen MR) is 101 cm³/mol. The van der Waals surface area contributed by atoms with Crippen LogP contribution in [0.1, 0.15) is 20.8 Å². The number of ether oxygens (including phenoxy) is 1. The summed E-state index contributed by atoms with van der Waals surface area (Å²) in [5.41, 5.74) is 4.60. The Kier molecular flexibility index (Phi) is 6.41. The monoisotopic (exact) mass is 409 g/mol. The van der Waals surface area contributed by atoms with Crippen LogP contribution < -0.4 is 16.7 Å². The van der Waals surface area contributed by atoms with Crippen molar-refractivity contribution in [1.82, 2.24) is 29.7 Å². The highest BCUT2D eigenvalue weighted by Gasteiger charge is 2.20. The van der Waals surface area contributed by atoms with E-state index < -0.39 is 35.8 Å². The molecule has 0 bridgehead atoms. The average Bonchev–Trinajstić information content (AvgIpc) is 2.95. The van der Waals surface area contributed by atoms with E-state index in [0.717, 1.165) is 4.90 Å². The number of fused-ring (bicyclic) bond motifs is 1. The number of nitrogen functional groups attached to an aromatic ring is 1. The zero-order valence-electron chi connectivity index (χ0n) is 16.3. The second-order valence-electron chi connectivity index (χ2n) is 7.14. The van der Waals surface area contributed by atoms with Gasteiger partial charge in [-0.25, -0.2) is 14.6 Å². The Hall–Kier alpha value is -3.64. The minimum absolute atomic E-state index is 0.00940. The predicted octanol–water partition coefficient (Wildman–Crippen LogP) is -0.860. The van der Waals surface area contributed by atoms with Crippen LogP contribution in [-0.2, 0) is 20.9 Å². The van der Waals surface area contributed by atoms with E-state index in [-0.39, 0.29) is 36.6 Å². The summed E-state index contributed by atoms with van der Waals surface area (Å²) in [6.45, 7) is 4.15. The van der Waals surface area contributed by atoms with Crippen LogP contribution in [0.15, 0.2) is 11.1 Å². The summed E-state index contributed by atoms with van der Waals surface area (Å²) < 4.78 is 6.37. The van der Waals surface area contributed by atoms with Gasteiger partial charge in [0.1, 0.15) is 30.0 Å². The number of aromatic nitrogens is 4. The lowest BCUT2D eigenvalue weighted by Gasteiger charge is -2.23. The van der Waals surface area contributed by atoms with E-state index in [1.54, 1.807) is 20.8 Å². The van der Waals surface area contributed by atoms with Crippen molar-refractivity contribution in [3.05, 3.63) is 16.8 Å². The van der Waals surface area contributed by atoms with Crippen molar-refractivity contribution in [2.75, 3.05) is 25.4 Å². The fourth-order valence-corrected chi connectivity index (χ4v) is 2.41. The molecule has 0 spiro atoms. The van der Waals surface area contributed by atoms with Crippen LogP contribution >= 0.6 is 0 Å². The molecule has 0 atom stereocenters. The molecule has 2 amide bonds. The van der Waals surface area contributed by atoms with E-state index in [4.69, 9.17) is 15.6 Å². The molecule has 5 N–H and O–H groups in total. The van der Waals surface area contributed by atoms with Gasteiger partial charge < -0.3 is 30.4 Å². The van der Waals surface area contributed by atoms with Crippen LogP contribution in [0.4, 0.5) is 10.6 Å². The first-order chi connectivity index (χ1) is 13.5. The Morgan fingerprint density at radius 1 is 1.38 bits per heavy atom. The van der Waals surface area contributed by atoms with E-state index in [1.807, 2.05) is 0 Å². The number of hydrogen-bond acceptors (Lipinski definition) is 8. The zero-order chi connectivity index (χ0) is 21.8. The molecular weight excluding hydrogens is 386 g/mol. The normalized spacial score (nSPS) is 11.3. The first kappa shape index (κ1) is 21.7. The van der Waals surface area contributed by atoms with Crippen LogP contribution in [0.25, 0.3) is 11.2 Å². The summed E-state index contributed by atoms with van der Waals surface area (Å²) in [4.78, 5) is 58.0. The number of alkyl carbamates (subject to hydrolysis) is 1. The number of carboxylic acid groups (broad SMARTS) is 1. The minimum atomic E-state index is -1.22. The maximum atomic E-state index is 12.6. The number of aliphatic carboxylic acids is 1. The van der Waals surface area contributed by atoms with Gasteiger partial charge in [-0.05, 0) is 20.8 Å². The van der Waals surface area contributed by atoms with Crippen LogP contribution in [-0.4, -0.2) is 72.7 Å². The summed E-state index contributed by atoms with van der Waals surface area (Å²) in [6, 6.07) is 0. The van der Waals surface area contributed by atoms with Crippen molar-refractivity contribution < 1.29 is 24.2 Å². The molecule has 2 aromatic rings. The molecule has 0 aliphatic carbocycles. The Bertz CT molecular complexity index is 974. The van der Waals surface area contributed by atoms with Crippen LogP contribution in [0.3, 0.4) is 0 Å². The highest BCUT2D eigenvalue weighted by atomic mass is 16.6. The standard InChI is InChI=1S/C16H23N7O6/c1-16(2,3)29-15(28)18-4-5-22(7-10(25)26)9(24)6-23-8-19-11-12(17)20-14(27)21-13(11)23/h8H,4-7H2,1-3H3,(H,18,28)(H,25,26)(H3,17,20,21,27). The van der Waals surface area contributed by atoms with Crippen molar-refractivity contribution in [1.29, 1.82) is 0 Å². The summed E-state index contributed by atoms with van der Waals surface area (Å²) in [5, 5.41) is 11.5. The van der Waals surface area contributed by atoms with Crippen LogP contribution in [0.5, 0.6) is 0 Å². The van der Waals surface area contributed by atoms with Crippen LogP contribution in [0, 0.1) is 0 Å². The molecule has 2 aromatic heterocycles. The van der Waals surface area contributed by atoms with Gasteiger partial charge in [-0.1, -0.05) is 0 Å². The van der Waals surface area contributed by atoms with Gasteiger partial charge in [0.25, 0.3) is 0 Å². The highest BCUT2D eigenvalue weighted by molar-refractivity contribution is 5.85. The second kappa shape index (κ2) is 8.58. The first-order valence-corrected chi connectivity index (χ1v) is 8.63. The van der Waals surface area contributed by atoms with E-state index in [0.29, 0.717) is 0 Å². The third-order valence-corrected chi connectivity index (χ3v) is 3.55. The number of nitrogens with one attached hydrogen (secondary N) is 2. The number of carbonyl (C=O) groups is 3. The lowest BCUT2D eigenvalue weighted by molar-refractivity contribution is -0.144. The number of H-pyrrole nitrogens is 1. The summed E-state index contributed by atoms with van der Waals surface area (Å²) in [6.07, 6.45) is 0.594. The maximum Gasteiger partial charge on any atom is 0.407 e. The largest absolute Gasteiger partial charge is 0.480 e. The first-order valence-electron chi connectivity index (χ1n) is 8.63. The van der Waals surface area contributed by atoms with Gasteiger partial charge in [0, 0.05) is 13.1 Å². The van der Waals surface area contributed by atoms with Gasteiger partial charge in [-0.15, -0.1) is 0 Å². The Balaban J connectivity index is 2.06. The summed E-state index contributed by atoms with van der Waals surface area (Å²) in [7, 11) is 0. The molecule has 2 heterocycles. The van der Waals surface area contributed by atoms with E-state index in [9.17, 15) is 19.2 Å². The molecule has 0 aromatic carbocycles. The summed E-state index contributed by atoms with van der Waals surface area (Å²) in [5.74, 6) is -1.78. The number of carbonyl (C=O) groups excluding carboxylic acids is 2. The number of imidazole rings is 1. The number of hydrogen-bond donors (Lipinski definition) is 4. The molecule has 0 unspecified atom stereocenters. The molecule has 13 nitrogen and oxygen atoms in total. The van der Waals surface area contributed by atoms with E-state index in [1.165, 1.54) is 10.9 Å². The Labute approximate surface area is 164 Å². The van der Waals surface area contributed by atoms with Gasteiger partial charge in [0.05, 0.1) is 6.33 Å². The molecule has 0 radical (unpaired) electrons. The number of rotatable bonds is 7. The van der Waals surface area contributed by atoms with Gasteiger partial charge in [0.2, 0.25) is 5.91 Å². The number of aromatic amines is 1. The number of nitrogens with two attached hydrogens (primary N) is 1. The maximum absolute atomic E-state index is 12.6. The lowest BCUT2D eigenvalue weighted by atomic mass is 10.2. The van der Waals surface area contributed by atoms with E-state index >= 15 is 0 Å². The molecule has 0 aliphatic rings. The molecule has 0 saturated heterocycles. The number of amides is 2. The number of nitrogens with zero attached hydrogens (tertiary/aromatic N) is 4. The van der Waals surface area contributed by atoms with Gasteiger partial charge in [0.15, 0.2) is 5.65 Å². The molecule has 13 heteroatoms. The molecular formula is C16H23N7O6. The van der Waals surface area contributed by atoms with Crippen molar-refractivity contribution in [3.63, 3.8) is 0 Å². The number of anilines is 1. The van der Waals surface area contributed by atoms with E-state index in [2.05, 4.69) is 20.3 Å². The van der Waals surface area contributed by atoms with Gasteiger partial charge >= 0.3 is 17.8 Å². The smallest absolute Gasteiger partial charge is 0.407 e. The highest BCUT2D eigenvalue weighted by Crippen LogP contribution is 2.13. The van der Waals surface area contributed by atoms with Gasteiger partial charge in [-0.3, -0.25) is 14.6 Å². The third kappa shape index (κ3) is 6.19. The van der Waals surface area contributed by atoms with Crippen molar-refractivity contribution in [2.24, 2.45) is 0 Å². The topological polar surface area (TPSA) is 186 Å². The molecule has 29 heavy (non-hydrogen) atoms. The molecule has 0 aliphatic heterocycles. The molecule has 0 saturated carbocycles. The van der Waals surface area contributed by atoms with Crippen LogP contribution in [0.2, 0.25) is 0 Å². The Morgan fingerprint density at radius 2 is 2.07 bits per heavy atom. The lowest BCUT2D eigenvalue weighted by Crippen LogP contribution is -2.43. The quantitative estimate of drug-likeness (QED) is 0.451. The molecule has 2 rings (SSSR count). The van der Waals surface area contributed by atoms with Crippen molar-refractivity contribution in [3.8, 4) is 0 Å². The summed E-state index contributed by atoms with van der Waals surface area (Å²) >= 11 is 0. The average molecular weight is 409 g/mol. The fourth-order valence-electron chi connectivity index (χ4n) is 2.41. The van der Waals surface area contributed by atoms with Gasteiger partial charge in [-0.2, -0.15) is 4.98 Å². The molecule has 0 fully saturated rings. The SMILES string of the molecule is CC(C)(C)OC(=O)NCCN(CC(=O)O)C(=O)Cn1cnc2c(N)[nH]c(=O)nc21. The fraction of sp³-hybridized carbons (Fsp3) is 0.500.